The van der Waals surface area contributed by atoms with E-state index in [9.17, 15) is 18.4 Å². The summed E-state index contributed by atoms with van der Waals surface area (Å²) < 4.78 is 35.4. The first-order chi connectivity index (χ1) is 15.9. The predicted octanol–water partition coefficient (Wildman–Crippen LogP) is 4.29. The molecule has 1 fully saturated rings. The van der Waals surface area contributed by atoms with E-state index in [0.717, 1.165) is 43.1 Å². The molecule has 0 unspecified atom stereocenters. The molecule has 3 aromatic rings. The van der Waals surface area contributed by atoms with Crippen LogP contribution in [0.2, 0.25) is 0 Å². The number of halogens is 2. The Morgan fingerprint density at radius 2 is 1.97 bits per heavy atom. The number of carbonyl (C=O) groups is 2. The van der Waals surface area contributed by atoms with Gasteiger partial charge in [0.25, 0.3) is 5.91 Å². The molecule has 1 aliphatic heterocycles. The SMILES string of the molecule is C[C@]1(C(=O)NC2CCCCC2)Cn2nc(-c3ccco3)cc2C(=O)N1c1ccc(F)cc1F. The first kappa shape index (κ1) is 21.4. The van der Waals surface area contributed by atoms with E-state index in [0.29, 0.717) is 17.5 Å². The second kappa shape index (κ2) is 8.13. The molecule has 2 amide bonds. The monoisotopic (exact) mass is 454 g/mol. The fraction of sp³-hybridized carbons (Fsp3) is 0.375. The van der Waals surface area contributed by atoms with Gasteiger partial charge in [-0.3, -0.25) is 19.2 Å². The number of hydrogen-bond acceptors (Lipinski definition) is 4. The molecule has 1 atom stereocenters. The third kappa shape index (κ3) is 3.71. The number of hydrogen-bond donors (Lipinski definition) is 1. The molecule has 9 heteroatoms. The smallest absolute Gasteiger partial charge is 0.277 e. The van der Waals surface area contributed by atoms with Crippen molar-refractivity contribution >= 4 is 17.5 Å². The topological polar surface area (TPSA) is 80.4 Å². The molecular formula is C24H24F2N4O3. The van der Waals surface area contributed by atoms with Crippen LogP contribution in [0.5, 0.6) is 0 Å². The zero-order valence-corrected chi connectivity index (χ0v) is 18.2. The number of carbonyl (C=O) groups excluding carboxylic acids is 2. The normalized spacial score (nSPS) is 21.2. The van der Waals surface area contributed by atoms with Gasteiger partial charge in [-0.05, 0) is 44.0 Å². The van der Waals surface area contributed by atoms with Crippen LogP contribution in [0, 0.1) is 11.6 Å². The van der Waals surface area contributed by atoms with Crippen molar-refractivity contribution in [2.45, 2.75) is 57.2 Å². The quantitative estimate of drug-likeness (QED) is 0.638. The Morgan fingerprint density at radius 1 is 1.18 bits per heavy atom. The molecule has 2 aliphatic rings. The van der Waals surface area contributed by atoms with E-state index in [1.165, 1.54) is 17.0 Å². The summed E-state index contributed by atoms with van der Waals surface area (Å²) >= 11 is 0. The number of nitrogens with one attached hydrogen (secondary N) is 1. The number of fused-ring (bicyclic) bond motifs is 1. The molecule has 0 saturated heterocycles. The summed E-state index contributed by atoms with van der Waals surface area (Å²) in [6, 6.07) is 7.94. The van der Waals surface area contributed by atoms with Crippen LogP contribution < -0.4 is 10.2 Å². The van der Waals surface area contributed by atoms with Crippen molar-refractivity contribution in [1.29, 1.82) is 0 Å². The second-order valence-electron chi connectivity index (χ2n) is 8.87. The van der Waals surface area contributed by atoms with E-state index in [-0.39, 0.29) is 24.0 Å². The molecule has 1 aliphatic carbocycles. The Bertz CT molecular complexity index is 1200. The van der Waals surface area contributed by atoms with Gasteiger partial charge < -0.3 is 9.73 Å². The van der Waals surface area contributed by atoms with Crippen LogP contribution in [-0.2, 0) is 11.3 Å². The maximum atomic E-state index is 14.9. The first-order valence-corrected chi connectivity index (χ1v) is 11.1. The van der Waals surface area contributed by atoms with Gasteiger partial charge in [-0.15, -0.1) is 0 Å². The van der Waals surface area contributed by atoms with Gasteiger partial charge in [0.05, 0.1) is 18.5 Å². The fourth-order valence-electron chi connectivity index (χ4n) is 4.75. The minimum atomic E-state index is -1.48. The highest BCUT2D eigenvalue weighted by Gasteiger charge is 2.50. The third-order valence-electron chi connectivity index (χ3n) is 6.51. The van der Waals surface area contributed by atoms with Crippen LogP contribution in [-0.4, -0.2) is 33.2 Å². The van der Waals surface area contributed by atoms with Gasteiger partial charge in [-0.2, -0.15) is 5.10 Å². The standard InChI is InChI=1S/C24H24F2N4O3/c1-24(23(32)27-16-6-3-2-4-7-16)14-29-20(13-18(28-29)21-8-5-11-33-21)22(31)30(24)19-10-9-15(25)12-17(19)26/h5,8-13,16H,2-4,6-7,14H2,1H3,(H,27,32)/t24-/m1/s1. The number of amides is 2. The van der Waals surface area contributed by atoms with Crippen molar-refractivity contribution in [2.75, 3.05) is 4.90 Å². The van der Waals surface area contributed by atoms with E-state index in [1.807, 2.05) is 0 Å². The highest BCUT2D eigenvalue weighted by molar-refractivity contribution is 6.12. The molecule has 1 aromatic carbocycles. The van der Waals surface area contributed by atoms with Gasteiger partial charge in [0.2, 0.25) is 5.91 Å². The summed E-state index contributed by atoms with van der Waals surface area (Å²) in [5.74, 6) is -2.21. The number of anilines is 1. The van der Waals surface area contributed by atoms with Gasteiger partial charge in [-0.1, -0.05) is 19.3 Å². The molecule has 0 bridgehead atoms. The lowest BCUT2D eigenvalue weighted by Gasteiger charge is -2.44. The van der Waals surface area contributed by atoms with Crippen molar-refractivity contribution in [3.05, 3.63) is 60.0 Å². The van der Waals surface area contributed by atoms with Crippen molar-refractivity contribution in [3.63, 3.8) is 0 Å². The molecule has 0 spiro atoms. The van der Waals surface area contributed by atoms with Gasteiger partial charge in [-0.25, -0.2) is 8.78 Å². The zero-order valence-electron chi connectivity index (χ0n) is 18.2. The van der Waals surface area contributed by atoms with E-state index < -0.39 is 29.0 Å². The highest BCUT2D eigenvalue weighted by Crippen LogP contribution is 2.36. The Kier molecular flexibility index (Phi) is 5.26. The summed E-state index contributed by atoms with van der Waals surface area (Å²) in [6.07, 6.45) is 6.38. The zero-order chi connectivity index (χ0) is 23.2. The first-order valence-electron chi connectivity index (χ1n) is 11.1. The van der Waals surface area contributed by atoms with E-state index >= 15 is 0 Å². The lowest BCUT2D eigenvalue weighted by molar-refractivity contribution is -0.127. The van der Waals surface area contributed by atoms with Crippen LogP contribution in [0.1, 0.15) is 49.5 Å². The fourth-order valence-corrected chi connectivity index (χ4v) is 4.75. The maximum absolute atomic E-state index is 14.9. The molecule has 1 saturated carbocycles. The molecule has 172 valence electrons. The molecule has 0 radical (unpaired) electrons. The summed E-state index contributed by atoms with van der Waals surface area (Å²) in [6.45, 7) is 1.59. The Hall–Kier alpha value is -3.49. The number of furan rings is 1. The summed E-state index contributed by atoms with van der Waals surface area (Å²) in [7, 11) is 0. The molecule has 7 nitrogen and oxygen atoms in total. The number of aromatic nitrogens is 2. The van der Waals surface area contributed by atoms with Crippen LogP contribution in [0.25, 0.3) is 11.5 Å². The van der Waals surface area contributed by atoms with Gasteiger partial charge in [0.1, 0.15) is 28.6 Å². The Morgan fingerprint density at radius 3 is 2.67 bits per heavy atom. The van der Waals surface area contributed by atoms with Crippen molar-refractivity contribution in [1.82, 2.24) is 15.1 Å². The summed E-state index contributed by atoms with van der Waals surface area (Å²) in [4.78, 5) is 28.4. The minimum Gasteiger partial charge on any atom is -0.463 e. The van der Waals surface area contributed by atoms with Crippen LogP contribution in [0.4, 0.5) is 14.5 Å². The number of benzene rings is 1. The van der Waals surface area contributed by atoms with Crippen LogP contribution in [0.3, 0.4) is 0 Å². The van der Waals surface area contributed by atoms with Crippen molar-refractivity contribution in [3.8, 4) is 11.5 Å². The van der Waals surface area contributed by atoms with Crippen molar-refractivity contribution < 1.29 is 22.8 Å². The highest BCUT2D eigenvalue weighted by atomic mass is 19.1. The summed E-state index contributed by atoms with van der Waals surface area (Å²) in [5, 5.41) is 7.53. The van der Waals surface area contributed by atoms with E-state index in [1.54, 1.807) is 25.1 Å². The Labute approximate surface area is 189 Å². The molecule has 1 N–H and O–H groups in total. The van der Waals surface area contributed by atoms with Crippen LogP contribution >= 0.6 is 0 Å². The minimum absolute atomic E-state index is 0.00390. The average Bonchev–Trinajstić information content (AvgIpc) is 3.46. The third-order valence-corrected chi connectivity index (χ3v) is 6.51. The number of nitrogens with zero attached hydrogens (tertiary/aromatic N) is 3. The lowest BCUT2D eigenvalue weighted by Crippen LogP contribution is -2.65. The molecule has 33 heavy (non-hydrogen) atoms. The van der Waals surface area contributed by atoms with Crippen LogP contribution in [0.15, 0.2) is 47.1 Å². The second-order valence-corrected chi connectivity index (χ2v) is 8.87. The van der Waals surface area contributed by atoms with Gasteiger partial charge in [0, 0.05) is 18.2 Å². The average molecular weight is 454 g/mol. The molecule has 2 aromatic heterocycles. The largest absolute Gasteiger partial charge is 0.463 e. The maximum Gasteiger partial charge on any atom is 0.277 e. The van der Waals surface area contributed by atoms with Gasteiger partial charge >= 0.3 is 0 Å². The summed E-state index contributed by atoms with van der Waals surface area (Å²) in [5.41, 5.74) is -1.02. The molecule has 3 heterocycles. The predicted molar refractivity (Wildman–Crippen MR) is 117 cm³/mol. The number of rotatable bonds is 4. The van der Waals surface area contributed by atoms with E-state index in [4.69, 9.17) is 4.42 Å². The van der Waals surface area contributed by atoms with Gasteiger partial charge in [0.15, 0.2) is 5.76 Å². The lowest BCUT2D eigenvalue weighted by atomic mass is 9.91. The molecular weight excluding hydrogens is 430 g/mol. The van der Waals surface area contributed by atoms with E-state index in [2.05, 4.69) is 10.4 Å². The molecule has 5 rings (SSSR count). The Balaban J connectivity index is 1.58. The van der Waals surface area contributed by atoms with Crippen molar-refractivity contribution in [2.24, 2.45) is 0 Å².